The molecule has 0 unspecified atom stereocenters. The monoisotopic (exact) mass is 278 g/mol. The molecule has 0 aliphatic carbocycles. The van der Waals surface area contributed by atoms with Crippen molar-refractivity contribution in [2.75, 3.05) is 11.9 Å². The van der Waals surface area contributed by atoms with E-state index in [1.807, 2.05) is 0 Å². The van der Waals surface area contributed by atoms with E-state index < -0.39 is 0 Å². The van der Waals surface area contributed by atoms with Gasteiger partial charge in [0.1, 0.15) is 5.33 Å². The second kappa shape index (κ2) is 10.5. The number of halogens is 1. The second-order valence-electron chi connectivity index (χ2n) is 3.97. The average Bonchev–Trinajstić information content (AvgIpc) is 2.25. The molecule has 0 aliphatic heterocycles. The summed E-state index contributed by atoms with van der Waals surface area (Å²) in [5.74, 6) is 0.413. The van der Waals surface area contributed by atoms with E-state index in [1.165, 1.54) is 38.5 Å². The van der Waals surface area contributed by atoms with Crippen molar-refractivity contribution in [1.82, 2.24) is 0 Å². The first kappa shape index (κ1) is 14.9. The third-order valence-electron chi connectivity index (χ3n) is 2.50. The molecule has 0 amide bonds. The molecule has 0 N–H and O–H groups in total. The van der Waals surface area contributed by atoms with Crippen LogP contribution in [0.25, 0.3) is 0 Å². The van der Waals surface area contributed by atoms with Gasteiger partial charge in [0.25, 0.3) is 0 Å². The minimum Gasteiger partial charge on any atom is -0.465 e. The van der Waals surface area contributed by atoms with E-state index >= 15 is 0 Å². The Labute approximate surface area is 102 Å². The molecule has 0 saturated heterocycles. The van der Waals surface area contributed by atoms with Crippen molar-refractivity contribution in [2.45, 2.75) is 52.4 Å². The van der Waals surface area contributed by atoms with Gasteiger partial charge in [-0.2, -0.15) is 0 Å². The first-order chi connectivity index (χ1) is 7.24. The quantitative estimate of drug-likeness (QED) is 0.363. The summed E-state index contributed by atoms with van der Waals surface area (Å²) in [4.78, 5) is 11.0. The molecule has 2 nitrogen and oxygen atoms in total. The smallest absolute Gasteiger partial charge is 0.316 e. The summed E-state index contributed by atoms with van der Waals surface area (Å²) in [5.41, 5.74) is 0. The Hall–Kier alpha value is -0.0500. The summed E-state index contributed by atoms with van der Waals surface area (Å²) >= 11 is 3.09. The average molecular weight is 279 g/mol. The van der Waals surface area contributed by atoms with Crippen LogP contribution in [-0.4, -0.2) is 17.9 Å². The molecule has 0 saturated carbocycles. The topological polar surface area (TPSA) is 26.3 Å². The molecule has 1 atom stereocenters. The van der Waals surface area contributed by atoms with Gasteiger partial charge < -0.3 is 4.74 Å². The number of carbonyl (C=O) groups excluding carboxylic acids is 1. The number of hydrogen-bond acceptors (Lipinski definition) is 2. The maximum Gasteiger partial charge on any atom is 0.316 e. The predicted octanol–water partition coefficient (Wildman–Crippen LogP) is 3.92. The van der Waals surface area contributed by atoms with Crippen molar-refractivity contribution in [1.29, 1.82) is 0 Å². The molecule has 0 fully saturated rings. The van der Waals surface area contributed by atoms with Gasteiger partial charge in [0.15, 0.2) is 0 Å². The molecule has 0 rings (SSSR count). The third kappa shape index (κ3) is 8.91. The Kier molecular flexibility index (Phi) is 10.4. The van der Waals surface area contributed by atoms with Gasteiger partial charge in [-0.25, -0.2) is 0 Å². The summed E-state index contributed by atoms with van der Waals surface area (Å²) in [6.07, 6.45) is 7.32. The van der Waals surface area contributed by atoms with E-state index in [-0.39, 0.29) is 5.97 Å². The lowest BCUT2D eigenvalue weighted by Gasteiger charge is -2.15. The van der Waals surface area contributed by atoms with Gasteiger partial charge in [0.05, 0.1) is 6.61 Å². The lowest BCUT2D eigenvalue weighted by Crippen LogP contribution is -2.14. The van der Waals surface area contributed by atoms with Gasteiger partial charge in [-0.05, 0) is 18.8 Å². The second-order valence-corrected chi connectivity index (χ2v) is 4.53. The molecule has 3 heteroatoms. The maximum absolute atomic E-state index is 11.0. The lowest BCUT2D eigenvalue weighted by molar-refractivity contribution is -0.141. The van der Waals surface area contributed by atoms with Crippen LogP contribution in [0.4, 0.5) is 0 Å². The standard InChI is InChI=1S/C12H23BrO2/c1-3-5-6-8-11(7-4-2)10-15-12(14)9-13/h11H,3-10H2,1-2H3/t11-/m1/s1. The molecule has 0 bridgehead atoms. The van der Waals surface area contributed by atoms with E-state index in [0.29, 0.717) is 17.9 Å². The van der Waals surface area contributed by atoms with Gasteiger partial charge in [-0.15, -0.1) is 0 Å². The highest BCUT2D eigenvalue weighted by Gasteiger charge is 2.10. The van der Waals surface area contributed by atoms with E-state index in [2.05, 4.69) is 29.8 Å². The van der Waals surface area contributed by atoms with Crippen LogP contribution in [0.1, 0.15) is 52.4 Å². The molecule has 0 heterocycles. The Morgan fingerprint density at radius 3 is 2.47 bits per heavy atom. The fraction of sp³-hybridized carbons (Fsp3) is 0.917. The molecule has 0 aromatic heterocycles. The van der Waals surface area contributed by atoms with E-state index in [4.69, 9.17) is 4.74 Å². The Morgan fingerprint density at radius 2 is 1.93 bits per heavy atom. The number of esters is 1. The van der Waals surface area contributed by atoms with Crippen molar-refractivity contribution >= 4 is 21.9 Å². The zero-order chi connectivity index (χ0) is 11.5. The zero-order valence-corrected chi connectivity index (χ0v) is 11.5. The first-order valence-corrected chi connectivity index (χ1v) is 7.08. The number of unbranched alkanes of at least 4 members (excludes halogenated alkanes) is 2. The van der Waals surface area contributed by atoms with Crippen molar-refractivity contribution in [3.63, 3.8) is 0 Å². The summed E-state index contributed by atoms with van der Waals surface area (Å²) < 4.78 is 5.15. The van der Waals surface area contributed by atoms with Gasteiger partial charge in [-0.3, -0.25) is 4.79 Å². The van der Waals surface area contributed by atoms with Crippen LogP contribution < -0.4 is 0 Å². The highest BCUT2D eigenvalue weighted by atomic mass is 79.9. The number of alkyl halides is 1. The SMILES string of the molecule is CCCCC[C@@H](CCC)COC(=O)CBr. The minimum atomic E-state index is -0.147. The van der Waals surface area contributed by atoms with Crippen molar-refractivity contribution in [2.24, 2.45) is 5.92 Å². The molecule has 0 aromatic rings. The van der Waals surface area contributed by atoms with Crippen molar-refractivity contribution in [3.05, 3.63) is 0 Å². The van der Waals surface area contributed by atoms with Gasteiger partial charge in [-0.1, -0.05) is 55.5 Å². The lowest BCUT2D eigenvalue weighted by atomic mass is 9.97. The van der Waals surface area contributed by atoms with Crippen LogP contribution in [-0.2, 0) is 9.53 Å². The fourth-order valence-electron chi connectivity index (χ4n) is 1.65. The Bertz CT molecular complexity index is 160. The molecule has 0 radical (unpaired) electrons. The van der Waals surface area contributed by atoms with Crippen molar-refractivity contribution < 1.29 is 9.53 Å². The number of ether oxygens (including phenoxy) is 1. The summed E-state index contributed by atoms with van der Waals surface area (Å²) in [6, 6.07) is 0. The molecule has 0 aromatic carbocycles. The predicted molar refractivity (Wildman–Crippen MR) is 67.3 cm³/mol. The molecule has 90 valence electrons. The molecule has 15 heavy (non-hydrogen) atoms. The van der Waals surface area contributed by atoms with Crippen LogP contribution in [0, 0.1) is 5.92 Å². The normalized spacial score (nSPS) is 12.5. The number of rotatable bonds is 9. The summed E-state index contributed by atoms with van der Waals surface area (Å²) in [7, 11) is 0. The summed E-state index contributed by atoms with van der Waals surface area (Å²) in [5, 5.41) is 0.306. The zero-order valence-electron chi connectivity index (χ0n) is 9.93. The van der Waals surface area contributed by atoms with E-state index in [1.54, 1.807) is 0 Å². The van der Waals surface area contributed by atoms with E-state index in [9.17, 15) is 4.79 Å². The Balaban J connectivity index is 3.66. The highest BCUT2D eigenvalue weighted by molar-refractivity contribution is 9.09. The third-order valence-corrected chi connectivity index (χ3v) is 2.96. The van der Waals surface area contributed by atoms with Crippen LogP contribution in [0.2, 0.25) is 0 Å². The number of carbonyl (C=O) groups is 1. The first-order valence-electron chi connectivity index (χ1n) is 5.96. The van der Waals surface area contributed by atoms with Gasteiger partial charge in [0.2, 0.25) is 0 Å². The highest BCUT2D eigenvalue weighted by Crippen LogP contribution is 2.16. The minimum absolute atomic E-state index is 0.147. The van der Waals surface area contributed by atoms with Crippen molar-refractivity contribution in [3.8, 4) is 0 Å². The van der Waals surface area contributed by atoms with Crippen LogP contribution >= 0.6 is 15.9 Å². The van der Waals surface area contributed by atoms with Crippen LogP contribution in [0.15, 0.2) is 0 Å². The molecular weight excluding hydrogens is 256 g/mol. The molecule has 0 aliphatic rings. The van der Waals surface area contributed by atoms with Gasteiger partial charge in [0, 0.05) is 0 Å². The van der Waals surface area contributed by atoms with Crippen LogP contribution in [0.3, 0.4) is 0 Å². The molecule has 0 spiro atoms. The summed E-state index contributed by atoms with van der Waals surface area (Å²) in [6.45, 7) is 4.99. The number of hydrogen-bond donors (Lipinski definition) is 0. The fourth-order valence-corrected chi connectivity index (χ4v) is 1.81. The largest absolute Gasteiger partial charge is 0.465 e. The maximum atomic E-state index is 11.0. The Morgan fingerprint density at radius 1 is 1.20 bits per heavy atom. The molecular formula is C12H23BrO2. The van der Waals surface area contributed by atoms with Gasteiger partial charge >= 0.3 is 5.97 Å². The van der Waals surface area contributed by atoms with Crippen LogP contribution in [0.5, 0.6) is 0 Å². The van der Waals surface area contributed by atoms with E-state index in [0.717, 1.165) is 0 Å².